The summed E-state index contributed by atoms with van der Waals surface area (Å²) in [5, 5.41) is 14.0. The van der Waals surface area contributed by atoms with E-state index in [0.29, 0.717) is 6.54 Å². The van der Waals surface area contributed by atoms with Crippen LogP contribution >= 0.6 is 0 Å². The topological polar surface area (TPSA) is 77.6 Å². The smallest absolute Gasteiger partial charge is 0.163 e. The standard InChI is InChI=1S/C16H16N8/c1-22(15-14-9-19-23(2)16(14)18-11-17-15)10-12-8-20-24(21-12)13-6-4-3-5-7-13/h3-9,11H,10H2,1-2H3. The number of benzene rings is 1. The second-order valence-electron chi connectivity index (χ2n) is 5.52. The van der Waals surface area contributed by atoms with Crippen LogP contribution in [0, 0.1) is 0 Å². The maximum Gasteiger partial charge on any atom is 0.163 e. The number of nitrogens with zero attached hydrogens (tertiary/aromatic N) is 8. The average Bonchev–Trinajstić information content (AvgIpc) is 3.23. The fourth-order valence-corrected chi connectivity index (χ4v) is 2.62. The van der Waals surface area contributed by atoms with Gasteiger partial charge in [-0.3, -0.25) is 4.68 Å². The molecule has 0 bridgehead atoms. The average molecular weight is 320 g/mol. The van der Waals surface area contributed by atoms with Crippen LogP contribution in [0.5, 0.6) is 0 Å². The van der Waals surface area contributed by atoms with Crippen molar-refractivity contribution in [2.45, 2.75) is 6.54 Å². The van der Waals surface area contributed by atoms with Crippen molar-refractivity contribution < 1.29 is 0 Å². The normalized spacial score (nSPS) is 11.1. The van der Waals surface area contributed by atoms with Crippen molar-refractivity contribution in [3.63, 3.8) is 0 Å². The quantitative estimate of drug-likeness (QED) is 0.568. The lowest BCUT2D eigenvalue weighted by Gasteiger charge is -2.16. The van der Waals surface area contributed by atoms with E-state index in [1.165, 1.54) is 0 Å². The number of hydrogen-bond donors (Lipinski definition) is 0. The molecular formula is C16H16N8. The molecular weight excluding hydrogens is 304 g/mol. The molecule has 1 aromatic carbocycles. The first kappa shape index (κ1) is 14.3. The molecule has 3 heterocycles. The predicted octanol–water partition coefficient (Wildman–Crippen LogP) is 1.58. The van der Waals surface area contributed by atoms with Gasteiger partial charge in [0.15, 0.2) is 5.65 Å². The highest BCUT2D eigenvalue weighted by Gasteiger charge is 2.13. The van der Waals surface area contributed by atoms with E-state index in [0.717, 1.165) is 28.2 Å². The second kappa shape index (κ2) is 5.73. The maximum absolute atomic E-state index is 4.53. The Bertz CT molecular complexity index is 972. The van der Waals surface area contributed by atoms with Gasteiger partial charge in [0, 0.05) is 14.1 Å². The number of hydrogen-bond acceptors (Lipinski definition) is 6. The number of para-hydroxylation sites is 1. The van der Waals surface area contributed by atoms with Crippen molar-refractivity contribution in [2.75, 3.05) is 11.9 Å². The summed E-state index contributed by atoms with van der Waals surface area (Å²) in [6.45, 7) is 0.591. The van der Waals surface area contributed by atoms with E-state index in [1.54, 1.807) is 28.2 Å². The molecule has 0 amide bonds. The third-order valence-electron chi connectivity index (χ3n) is 3.80. The van der Waals surface area contributed by atoms with Crippen LogP contribution in [0.25, 0.3) is 16.7 Å². The Morgan fingerprint density at radius 1 is 1.04 bits per heavy atom. The van der Waals surface area contributed by atoms with Crippen molar-refractivity contribution in [2.24, 2.45) is 7.05 Å². The van der Waals surface area contributed by atoms with Crippen LogP contribution in [0.1, 0.15) is 5.69 Å². The first-order chi connectivity index (χ1) is 11.7. The predicted molar refractivity (Wildman–Crippen MR) is 89.8 cm³/mol. The molecule has 0 unspecified atom stereocenters. The summed E-state index contributed by atoms with van der Waals surface area (Å²) in [6, 6.07) is 9.83. The Labute approximate surface area is 138 Å². The highest BCUT2D eigenvalue weighted by atomic mass is 15.5. The van der Waals surface area contributed by atoms with E-state index < -0.39 is 0 Å². The molecule has 0 N–H and O–H groups in total. The van der Waals surface area contributed by atoms with Crippen molar-refractivity contribution in [1.82, 2.24) is 34.7 Å². The van der Waals surface area contributed by atoms with E-state index in [9.17, 15) is 0 Å². The first-order valence-corrected chi connectivity index (χ1v) is 7.53. The van der Waals surface area contributed by atoms with Gasteiger partial charge in [-0.25, -0.2) is 9.97 Å². The highest BCUT2D eigenvalue weighted by Crippen LogP contribution is 2.22. The van der Waals surface area contributed by atoms with Gasteiger partial charge in [0.1, 0.15) is 17.8 Å². The Balaban J connectivity index is 1.60. The number of rotatable bonds is 4. The number of aromatic nitrogens is 7. The summed E-state index contributed by atoms with van der Waals surface area (Å²) in [5.41, 5.74) is 2.60. The second-order valence-corrected chi connectivity index (χ2v) is 5.52. The molecule has 0 radical (unpaired) electrons. The molecule has 8 nitrogen and oxygen atoms in total. The number of aryl methyl sites for hydroxylation is 1. The van der Waals surface area contributed by atoms with E-state index in [4.69, 9.17) is 0 Å². The SMILES string of the molecule is CN(Cc1cnn(-c2ccccc2)n1)c1ncnc2c1cnn2C. The number of fused-ring (bicyclic) bond motifs is 1. The van der Waals surface area contributed by atoms with Gasteiger partial charge < -0.3 is 4.90 Å². The maximum atomic E-state index is 4.53. The molecule has 0 aliphatic carbocycles. The molecule has 0 saturated carbocycles. The molecule has 120 valence electrons. The molecule has 24 heavy (non-hydrogen) atoms. The van der Waals surface area contributed by atoms with Gasteiger partial charge in [0.25, 0.3) is 0 Å². The van der Waals surface area contributed by atoms with Crippen LogP contribution in [0.2, 0.25) is 0 Å². The van der Waals surface area contributed by atoms with Crippen molar-refractivity contribution >= 4 is 16.9 Å². The molecule has 3 aromatic heterocycles. The van der Waals surface area contributed by atoms with Gasteiger partial charge in [-0.1, -0.05) is 18.2 Å². The van der Waals surface area contributed by atoms with Crippen LogP contribution in [-0.4, -0.2) is 41.8 Å². The fraction of sp³-hybridized carbons (Fsp3) is 0.188. The first-order valence-electron chi connectivity index (χ1n) is 7.53. The van der Waals surface area contributed by atoms with Gasteiger partial charge in [-0.15, -0.1) is 0 Å². The zero-order chi connectivity index (χ0) is 16.5. The molecule has 0 atom stereocenters. The van der Waals surface area contributed by atoms with Crippen LogP contribution in [-0.2, 0) is 13.6 Å². The van der Waals surface area contributed by atoms with Crippen molar-refractivity contribution in [3.05, 3.63) is 54.7 Å². The van der Waals surface area contributed by atoms with Gasteiger partial charge >= 0.3 is 0 Å². The Hall–Kier alpha value is -3.29. The van der Waals surface area contributed by atoms with Crippen LogP contribution in [0.4, 0.5) is 5.82 Å². The zero-order valence-electron chi connectivity index (χ0n) is 13.4. The van der Waals surface area contributed by atoms with Gasteiger partial charge in [0.05, 0.1) is 30.0 Å². The molecule has 0 aliphatic rings. The molecule has 4 rings (SSSR count). The monoisotopic (exact) mass is 320 g/mol. The number of anilines is 1. The van der Waals surface area contributed by atoms with Gasteiger partial charge in [-0.05, 0) is 12.1 Å². The summed E-state index contributed by atoms with van der Waals surface area (Å²) in [7, 11) is 3.83. The Morgan fingerprint density at radius 3 is 2.71 bits per heavy atom. The van der Waals surface area contributed by atoms with E-state index in [-0.39, 0.29) is 0 Å². The van der Waals surface area contributed by atoms with E-state index in [2.05, 4.69) is 25.3 Å². The third kappa shape index (κ3) is 2.47. The van der Waals surface area contributed by atoms with Crippen LogP contribution < -0.4 is 4.90 Å². The summed E-state index contributed by atoms with van der Waals surface area (Å²) < 4.78 is 1.74. The minimum Gasteiger partial charge on any atom is -0.353 e. The van der Waals surface area contributed by atoms with Crippen molar-refractivity contribution in [3.8, 4) is 5.69 Å². The van der Waals surface area contributed by atoms with Crippen LogP contribution in [0.3, 0.4) is 0 Å². The van der Waals surface area contributed by atoms with E-state index in [1.807, 2.05) is 49.3 Å². The van der Waals surface area contributed by atoms with E-state index >= 15 is 0 Å². The summed E-state index contributed by atoms with van der Waals surface area (Å²) in [4.78, 5) is 12.3. The van der Waals surface area contributed by atoms with Gasteiger partial charge in [0.2, 0.25) is 0 Å². The zero-order valence-corrected chi connectivity index (χ0v) is 13.4. The Kier molecular flexibility index (Phi) is 3.42. The minimum absolute atomic E-state index is 0.591. The molecule has 0 saturated heterocycles. The van der Waals surface area contributed by atoms with Crippen molar-refractivity contribution in [1.29, 1.82) is 0 Å². The summed E-state index contributed by atoms with van der Waals surface area (Å²) >= 11 is 0. The molecule has 4 aromatic rings. The lowest BCUT2D eigenvalue weighted by Crippen LogP contribution is -2.18. The lowest BCUT2D eigenvalue weighted by atomic mass is 10.3. The molecule has 8 heteroatoms. The molecule has 0 aliphatic heterocycles. The third-order valence-corrected chi connectivity index (χ3v) is 3.80. The molecule has 0 spiro atoms. The van der Waals surface area contributed by atoms with Gasteiger partial charge in [-0.2, -0.15) is 20.1 Å². The highest BCUT2D eigenvalue weighted by molar-refractivity contribution is 5.86. The summed E-state index contributed by atoms with van der Waals surface area (Å²) in [6.07, 6.45) is 5.10. The minimum atomic E-state index is 0.591. The summed E-state index contributed by atoms with van der Waals surface area (Å²) in [5.74, 6) is 0.822. The largest absolute Gasteiger partial charge is 0.353 e. The Morgan fingerprint density at radius 2 is 1.88 bits per heavy atom. The fourth-order valence-electron chi connectivity index (χ4n) is 2.62. The lowest BCUT2D eigenvalue weighted by molar-refractivity contribution is 0.731. The van der Waals surface area contributed by atoms with Crippen LogP contribution in [0.15, 0.2) is 49.1 Å². The molecule has 0 fully saturated rings.